The molecule has 0 radical (unpaired) electrons. The predicted octanol–water partition coefficient (Wildman–Crippen LogP) is 13.4. The largest absolute Gasteiger partial charge is 0.309 e. The average Bonchev–Trinajstić information content (AvgIpc) is 3.72. The summed E-state index contributed by atoms with van der Waals surface area (Å²) < 4.78 is 5.02. The number of thiophene rings is 1. The van der Waals surface area contributed by atoms with Crippen molar-refractivity contribution in [3.63, 3.8) is 0 Å². The molecule has 0 spiro atoms. The van der Waals surface area contributed by atoms with Gasteiger partial charge in [0.1, 0.15) is 0 Å². The normalized spacial score (nSPS) is 11.7. The highest BCUT2D eigenvalue weighted by atomic mass is 32.1. The minimum atomic E-state index is 1.12. The number of fused-ring (bicyclic) bond motifs is 7. The monoisotopic (exact) mass is 642 g/mol. The van der Waals surface area contributed by atoms with Crippen LogP contribution < -0.4 is 4.90 Å². The number of hydrogen-bond acceptors (Lipinski definition) is 2. The molecule has 0 amide bonds. The molecule has 0 atom stereocenters. The van der Waals surface area contributed by atoms with E-state index in [1.54, 1.807) is 0 Å². The smallest absolute Gasteiger partial charge is 0.0640 e. The molecule has 0 saturated carbocycles. The Kier molecular flexibility index (Phi) is 6.39. The number of aromatic nitrogens is 1. The summed E-state index contributed by atoms with van der Waals surface area (Å²) in [7, 11) is 0. The highest BCUT2D eigenvalue weighted by Gasteiger charge is 2.21. The second-order valence-corrected chi connectivity index (χ2v) is 13.6. The van der Waals surface area contributed by atoms with Crippen LogP contribution in [0.1, 0.15) is 0 Å². The number of hydrogen-bond donors (Lipinski definition) is 0. The molecule has 8 aromatic carbocycles. The van der Waals surface area contributed by atoms with Gasteiger partial charge in [-0.25, -0.2) is 0 Å². The van der Waals surface area contributed by atoms with Crippen molar-refractivity contribution in [1.29, 1.82) is 0 Å². The molecule has 0 bridgehead atoms. The van der Waals surface area contributed by atoms with E-state index in [0.29, 0.717) is 0 Å². The maximum Gasteiger partial charge on any atom is 0.0640 e. The zero-order valence-electron chi connectivity index (χ0n) is 26.6. The van der Waals surface area contributed by atoms with Crippen molar-refractivity contribution in [1.82, 2.24) is 4.57 Å². The van der Waals surface area contributed by atoms with Gasteiger partial charge in [0.05, 0.1) is 21.4 Å². The van der Waals surface area contributed by atoms with E-state index in [-0.39, 0.29) is 0 Å². The average molecular weight is 643 g/mol. The fraction of sp³-hybridized carbons (Fsp3) is 0. The molecule has 3 heteroatoms. The molecule has 49 heavy (non-hydrogen) atoms. The zero-order chi connectivity index (χ0) is 32.3. The summed E-state index contributed by atoms with van der Waals surface area (Å²) in [6.07, 6.45) is 0. The van der Waals surface area contributed by atoms with E-state index in [0.717, 1.165) is 17.1 Å². The van der Waals surface area contributed by atoms with Crippen molar-refractivity contribution in [2.75, 3.05) is 4.90 Å². The molecular formula is C46H30N2S. The van der Waals surface area contributed by atoms with E-state index in [1.807, 2.05) is 11.3 Å². The molecule has 230 valence electrons. The SMILES string of the molecule is c1ccc(N(c2ccc3c4c(-c5ccc6ccccc6c5)cccc4n(-c4ccccc4)c3c2)c2cccc3c2sc2ccccc23)cc1. The lowest BCUT2D eigenvalue weighted by Crippen LogP contribution is -2.10. The van der Waals surface area contributed by atoms with Gasteiger partial charge in [0, 0.05) is 43.3 Å². The lowest BCUT2D eigenvalue weighted by atomic mass is 9.97. The number of nitrogens with zero attached hydrogens (tertiary/aromatic N) is 2. The van der Waals surface area contributed by atoms with Crippen molar-refractivity contribution in [3.05, 3.63) is 182 Å². The van der Waals surface area contributed by atoms with Gasteiger partial charge in [-0.1, -0.05) is 121 Å². The summed E-state index contributed by atoms with van der Waals surface area (Å²) in [6, 6.07) is 66.2. The first-order valence-electron chi connectivity index (χ1n) is 16.7. The van der Waals surface area contributed by atoms with E-state index in [1.165, 1.54) is 69.6 Å². The molecule has 0 aliphatic rings. The van der Waals surface area contributed by atoms with Crippen LogP contribution in [0.2, 0.25) is 0 Å². The van der Waals surface area contributed by atoms with Crippen molar-refractivity contribution >= 4 is 81.1 Å². The van der Waals surface area contributed by atoms with E-state index in [2.05, 4.69) is 191 Å². The summed E-state index contributed by atoms with van der Waals surface area (Å²) in [5.41, 5.74) is 9.42. The molecule has 0 aliphatic heterocycles. The minimum Gasteiger partial charge on any atom is -0.309 e. The van der Waals surface area contributed by atoms with Crippen molar-refractivity contribution < 1.29 is 0 Å². The van der Waals surface area contributed by atoms with Crippen LogP contribution in [0.25, 0.3) is 69.6 Å². The summed E-state index contributed by atoms with van der Waals surface area (Å²) in [4.78, 5) is 2.42. The van der Waals surface area contributed by atoms with E-state index in [9.17, 15) is 0 Å². The predicted molar refractivity (Wildman–Crippen MR) is 211 cm³/mol. The standard InChI is InChI=1S/C46H30N2S/c1-3-15-34(16-4-1)47(42-23-12-21-39-38-19-9-10-24-44(38)49-46(39)42)36-27-28-40-43(30-36)48(35-17-5-2-6-18-35)41-22-11-20-37(45(40)41)33-26-25-31-13-7-8-14-32(31)29-33/h1-30H. The van der Waals surface area contributed by atoms with Crippen molar-refractivity contribution in [2.24, 2.45) is 0 Å². The number of para-hydroxylation sites is 2. The Hall–Kier alpha value is -6.16. The second kappa shape index (κ2) is 11.2. The fourth-order valence-electron chi connectivity index (χ4n) is 7.56. The summed E-state index contributed by atoms with van der Waals surface area (Å²) in [6.45, 7) is 0. The second-order valence-electron chi connectivity index (χ2n) is 12.6. The topological polar surface area (TPSA) is 8.17 Å². The molecule has 10 aromatic rings. The first-order chi connectivity index (χ1) is 24.3. The van der Waals surface area contributed by atoms with Crippen LogP contribution in [0, 0.1) is 0 Å². The van der Waals surface area contributed by atoms with Gasteiger partial charge in [-0.2, -0.15) is 0 Å². The van der Waals surface area contributed by atoms with E-state index >= 15 is 0 Å². The van der Waals surface area contributed by atoms with Gasteiger partial charge >= 0.3 is 0 Å². The van der Waals surface area contributed by atoms with Gasteiger partial charge in [-0.3, -0.25) is 0 Å². The molecule has 0 aliphatic carbocycles. The Morgan fingerprint density at radius 2 is 1.18 bits per heavy atom. The molecule has 2 nitrogen and oxygen atoms in total. The first kappa shape index (κ1) is 27.9. The van der Waals surface area contributed by atoms with Crippen LogP contribution in [0.5, 0.6) is 0 Å². The zero-order valence-corrected chi connectivity index (χ0v) is 27.4. The molecule has 2 aromatic heterocycles. The third kappa shape index (κ3) is 4.47. The maximum atomic E-state index is 2.43. The summed E-state index contributed by atoms with van der Waals surface area (Å²) >= 11 is 1.87. The maximum absolute atomic E-state index is 2.43. The van der Waals surface area contributed by atoms with Crippen LogP contribution in [-0.2, 0) is 0 Å². The first-order valence-corrected chi connectivity index (χ1v) is 17.5. The molecule has 2 heterocycles. The molecule has 0 N–H and O–H groups in total. The third-order valence-electron chi connectivity index (χ3n) is 9.75. The van der Waals surface area contributed by atoms with Crippen LogP contribution in [0.3, 0.4) is 0 Å². The van der Waals surface area contributed by atoms with Gasteiger partial charge in [-0.05, 0) is 82.6 Å². The van der Waals surface area contributed by atoms with Crippen molar-refractivity contribution in [2.45, 2.75) is 0 Å². The van der Waals surface area contributed by atoms with E-state index < -0.39 is 0 Å². The Labute approximate surface area is 288 Å². The number of anilines is 3. The lowest BCUT2D eigenvalue weighted by molar-refractivity contribution is 1.18. The Morgan fingerprint density at radius 1 is 0.449 bits per heavy atom. The van der Waals surface area contributed by atoms with Gasteiger partial charge in [0.2, 0.25) is 0 Å². The lowest BCUT2D eigenvalue weighted by Gasteiger charge is -2.26. The molecule has 0 unspecified atom stereocenters. The number of rotatable bonds is 5. The number of benzene rings is 8. The molecule has 10 rings (SSSR count). The third-order valence-corrected chi connectivity index (χ3v) is 11.0. The quantitative estimate of drug-likeness (QED) is 0.181. The summed E-state index contributed by atoms with van der Waals surface area (Å²) in [5, 5.41) is 7.60. The van der Waals surface area contributed by atoms with Crippen LogP contribution in [-0.4, -0.2) is 4.57 Å². The van der Waals surface area contributed by atoms with Crippen LogP contribution in [0.15, 0.2) is 182 Å². The highest BCUT2D eigenvalue weighted by Crippen LogP contribution is 2.46. The molecule has 0 fully saturated rings. The molecular weight excluding hydrogens is 613 g/mol. The Morgan fingerprint density at radius 3 is 2.06 bits per heavy atom. The van der Waals surface area contributed by atoms with Gasteiger partial charge in [0.25, 0.3) is 0 Å². The minimum absolute atomic E-state index is 1.12. The Balaban J connectivity index is 1.26. The van der Waals surface area contributed by atoms with Gasteiger partial charge < -0.3 is 9.47 Å². The van der Waals surface area contributed by atoms with E-state index in [4.69, 9.17) is 0 Å². The van der Waals surface area contributed by atoms with Crippen LogP contribution in [0.4, 0.5) is 17.1 Å². The van der Waals surface area contributed by atoms with Gasteiger partial charge in [0.15, 0.2) is 0 Å². The van der Waals surface area contributed by atoms with Crippen LogP contribution >= 0.6 is 11.3 Å². The molecule has 0 saturated heterocycles. The highest BCUT2D eigenvalue weighted by molar-refractivity contribution is 7.26. The summed E-state index contributed by atoms with van der Waals surface area (Å²) in [5.74, 6) is 0. The van der Waals surface area contributed by atoms with Gasteiger partial charge in [-0.15, -0.1) is 11.3 Å². The fourth-order valence-corrected chi connectivity index (χ4v) is 8.77. The Bertz CT molecular complexity index is 2830. The van der Waals surface area contributed by atoms with Crippen molar-refractivity contribution in [3.8, 4) is 16.8 Å².